The Morgan fingerprint density at radius 2 is 1.67 bits per heavy atom. The largest absolute Gasteiger partial charge is 0.324 e. The van der Waals surface area contributed by atoms with Gasteiger partial charge in [0.2, 0.25) is 5.91 Å². The second-order valence-electron chi connectivity index (χ2n) is 5.39. The van der Waals surface area contributed by atoms with Gasteiger partial charge in [0.15, 0.2) is 0 Å². The number of para-hydroxylation sites is 1. The zero-order valence-electron chi connectivity index (χ0n) is 12.6. The maximum atomic E-state index is 12.2. The first-order valence-electron chi connectivity index (χ1n) is 7.24. The van der Waals surface area contributed by atoms with Crippen molar-refractivity contribution in [3.8, 4) is 0 Å². The van der Waals surface area contributed by atoms with Crippen LogP contribution in [0, 0.1) is 13.8 Å². The van der Waals surface area contributed by atoms with Crippen LogP contribution >= 0.6 is 0 Å². The predicted molar refractivity (Wildman–Crippen MR) is 87.3 cm³/mol. The van der Waals surface area contributed by atoms with Crippen LogP contribution in [0.15, 0.2) is 48.5 Å². The number of hydrogen-bond acceptors (Lipinski definition) is 2. The van der Waals surface area contributed by atoms with Crippen molar-refractivity contribution in [1.82, 2.24) is 0 Å². The van der Waals surface area contributed by atoms with Crippen LogP contribution in [-0.4, -0.2) is 11.9 Å². The van der Waals surface area contributed by atoms with Crippen molar-refractivity contribution in [2.24, 2.45) is 5.73 Å². The third-order valence-corrected chi connectivity index (χ3v) is 3.65. The summed E-state index contributed by atoms with van der Waals surface area (Å²) in [5, 5.41) is 2.95. The molecule has 3 heteroatoms. The molecule has 1 unspecified atom stereocenters. The predicted octanol–water partition coefficient (Wildman–Crippen LogP) is 3.20. The Kier molecular flexibility index (Phi) is 5.12. The van der Waals surface area contributed by atoms with E-state index in [1.54, 1.807) is 0 Å². The first-order chi connectivity index (χ1) is 10.1. The lowest BCUT2D eigenvalue weighted by Gasteiger charge is -2.15. The average molecular weight is 282 g/mol. The molecule has 21 heavy (non-hydrogen) atoms. The van der Waals surface area contributed by atoms with Crippen LogP contribution in [0.1, 0.15) is 23.1 Å². The molecule has 0 saturated carbocycles. The Bertz CT molecular complexity index is 588. The molecule has 2 rings (SSSR count). The number of nitrogens with two attached hydrogens (primary N) is 1. The Hall–Kier alpha value is -2.13. The van der Waals surface area contributed by atoms with E-state index in [2.05, 4.69) is 17.4 Å². The van der Waals surface area contributed by atoms with Crippen molar-refractivity contribution >= 4 is 11.6 Å². The molecule has 0 spiro atoms. The van der Waals surface area contributed by atoms with Crippen LogP contribution in [0.2, 0.25) is 0 Å². The molecule has 0 aliphatic heterocycles. The molecular weight excluding hydrogens is 260 g/mol. The normalized spacial score (nSPS) is 12.0. The summed E-state index contributed by atoms with van der Waals surface area (Å²) in [6, 6.07) is 15.5. The fourth-order valence-electron chi connectivity index (χ4n) is 2.33. The van der Waals surface area contributed by atoms with E-state index >= 15 is 0 Å². The number of carbonyl (C=O) groups is 1. The minimum atomic E-state index is -0.496. The van der Waals surface area contributed by atoms with Crippen molar-refractivity contribution in [3.63, 3.8) is 0 Å². The number of rotatable bonds is 5. The summed E-state index contributed by atoms with van der Waals surface area (Å²) in [6.07, 6.45) is 1.45. The maximum Gasteiger partial charge on any atom is 0.241 e. The highest BCUT2D eigenvalue weighted by Gasteiger charge is 2.15. The number of carbonyl (C=O) groups excluding carboxylic acids is 1. The summed E-state index contributed by atoms with van der Waals surface area (Å²) in [7, 11) is 0. The smallest absolute Gasteiger partial charge is 0.241 e. The second-order valence-corrected chi connectivity index (χ2v) is 5.39. The third-order valence-electron chi connectivity index (χ3n) is 3.65. The van der Waals surface area contributed by atoms with Gasteiger partial charge in [-0.1, -0.05) is 48.5 Å². The summed E-state index contributed by atoms with van der Waals surface area (Å²) < 4.78 is 0. The van der Waals surface area contributed by atoms with Crippen LogP contribution in [0.5, 0.6) is 0 Å². The molecule has 0 aliphatic carbocycles. The fourth-order valence-corrected chi connectivity index (χ4v) is 2.33. The van der Waals surface area contributed by atoms with Crippen LogP contribution < -0.4 is 11.1 Å². The minimum absolute atomic E-state index is 0.122. The lowest BCUT2D eigenvalue weighted by Crippen LogP contribution is -2.36. The lowest BCUT2D eigenvalue weighted by atomic mass is 10.0. The van der Waals surface area contributed by atoms with Gasteiger partial charge in [-0.25, -0.2) is 0 Å². The topological polar surface area (TPSA) is 55.1 Å². The number of nitrogens with one attached hydrogen (secondary N) is 1. The SMILES string of the molecule is Cc1cccc(C)c1NC(=O)C(N)CCc1ccccc1. The molecule has 0 aliphatic rings. The minimum Gasteiger partial charge on any atom is -0.324 e. The maximum absolute atomic E-state index is 12.2. The van der Waals surface area contributed by atoms with Gasteiger partial charge in [0.05, 0.1) is 6.04 Å². The molecule has 2 aromatic carbocycles. The molecule has 0 heterocycles. The molecule has 0 bridgehead atoms. The molecule has 0 saturated heterocycles. The zero-order chi connectivity index (χ0) is 15.2. The summed E-state index contributed by atoms with van der Waals surface area (Å²) in [5.41, 5.74) is 10.2. The summed E-state index contributed by atoms with van der Waals surface area (Å²) >= 11 is 0. The van der Waals surface area contributed by atoms with E-state index in [0.717, 1.165) is 23.2 Å². The third kappa shape index (κ3) is 4.17. The molecule has 1 amide bonds. The van der Waals surface area contributed by atoms with E-state index in [1.165, 1.54) is 5.56 Å². The van der Waals surface area contributed by atoms with Gasteiger partial charge in [0.1, 0.15) is 0 Å². The van der Waals surface area contributed by atoms with E-state index in [-0.39, 0.29) is 5.91 Å². The monoisotopic (exact) mass is 282 g/mol. The van der Waals surface area contributed by atoms with Gasteiger partial charge in [-0.05, 0) is 43.4 Å². The molecule has 110 valence electrons. The Balaban J connectivity index is 1.94. The zero-order valence-corrected chi connectivity index (χ0v) is 12.6. The van der Waals surface area contributed by atoms with Gasteiger partial charge in [-0.2, -0.15) is 0 Å². The van der Waals surface area contributed by atoms with Gasteiger partial charge in [0.25, 0.3) is 0 Å². The van der Waals surface area contributed by atoms with E-state index in [4.69, 9.17) is 5.73 Å². The van der Waals surface area contributed by atoms with E-state index < -0.39 is 6.04 Å². The van der Waals surface area contributed by atoms with E-state index in [9.17, 15) is 4.79 Å². The van der Waals surface area contributed by atoms with E-state index in [1.807, 2.05) is 50.2 Å². The first kappa shape index (κ1) is 15.3. The highest BCUT2D eigenvalue weighted by atomic mass is 16.2. The van der Waals surface area contributed by atoms with Gasteiger partial charge in [-0.15, -0.1) is 0 Å². The molecule has 0 radical (unpaired) electrons. The summed E-state index contributed by atoms with van der Waals surface area (Å²) in [4.78, 5) is 12.2. The Morgan fingerprint density at radius 1 is 1.05 bits per heavy atom. The number of anilines is 1. The standard InChI is InChI=1S/C18H22N2O/c1-13-7-6-8-14(2)17(13)20-18(21)16(19)12-11-15-9-4-3-5-10-15/h3-10,16H,11-12,19H2,1-2H3,(H,20,21). The lowest BCUT2D eigenvalue weighted by molar-refractivity contribution is -0.117. The molecule has 0 aromatic heterocycles. The number of amides is 1. The fraction of sp³-hybridized carbons (Fsp3) is 0.278. The van der Waals surface area contributed by atoms with Crippen LogP contribution in [-0.2, 0) is 11.2 Å². The van der Waals surface area contributed by atoms with Gasteiger partial charge >= 0.3 is 0 Å². The number of aryl methyl sites for hydroxylation is 3. The molecule has 1 atom stereocenters. The summed E-state index contributed by atoms with van der Waals surface area (Å²) in [5.74, 6) is -0.122. The van der Waals surface area contributed by atoms with Crippen molar-refractivity contribution in [2.75, 3.05) is 5.32 Å². The quantitative estimate of drug-likeness (QED) is 0.884. The van der Waals surface area contributed by atoms with Crippen LogP contribution in [0.4, 0.5) is 5.69 Å². The van der Waals surface area contributed by atoms with Crippen LogP contribution in [0.3, 0.4) is 0 Å². The molecule has 3 nitrogen and oxygen atoms in total. The average Bonchev–Trinajstić information content (AvgIpc) is 2.49. The van der Waals surface area contributed by atoms with Crippen LogP contribution in [0.25, 0.3) is 0 Å². The number of benzene rings is 2. The first-order valence-corrected chi connectivity index (χ1v) is 7.24. The van der Waals surface area contributed by atoms with Crippen molar-refractivity contribution in [2.45, 2.75) is 32.7 Å². The summed E-state index contributed by atoms with van der Waals surface area (Å²) in [6.45, 7) is 3.97. The Labute approximate surface area is 126 Å². The molecule has 2 aromatic rings. The van der Waals surface area contributed by atoms with Gasteiger partial charge in [-0.3, -0.25) is 4.79 Å². The molecule has 3 N–H and O–H groups in total. The van der Waals surface area contributed by atoms with Crippen molar-refractivity contribution < 1.29 is 4.79 Å². The van der Waals surface area contributed by atoms with Gasteiger partial charge in [0, 0.05) is 5.69 Å². The van der Waals surface area contributed by atoms with Crippen molar-refractivity contribution in [1.29, 1.82) is 0 Å². The number of hydrogen-bond donors (Lipinski definition) is 2. The van der Waals surface area contributed by atoms with Gasteiger partial charge < -0.3 is 11.1 Å². The van der Waals surface area contributed by atoms with E-state index in [0.29, 0.717) is 6.42 Å². The second kappa shape index (κ2) is 7.04. The molecule has 0 fully saturated rings. The molecular formula is C18H22N2O. The van der Waals surface area contributed by atoms with Crippen molar-refractivity contribution in [3.05, 3.63) is 65.2 Å². The Morgan fingerprint density at radius 3 is 2.29 bits per heavy atom. The highest BCUT2D eigenvalue weighted by molar-refractivity contribution is 5.95. The highest BCUT2D eigenvalue weighted by Crippen LogP contribution is 2.19.